The van der Waals surface area contributed by atoms with Gasteiger partial charge in [0.15, 0.2) is 0 Å². The first-order chi connectivity index (χ1) is 19.3. The molecule has 3 aromatic rings. The number of carboxylic acids is 1. The number of benzene rings is 3. The second-order valence-electron chi connectivity index (χ2n) is 9.95. The van der Waals surface area contributed by atoms with E-state index in [1.54, 1.807) is 24.3 Å². The molecule has 0 bridgehead atoms. The lowest BCUT2D eigenvalue weighted by Gasteiger charge is -2.36. The Morgan fingerprint density at radius 1 is 1.07 bits per heavy atom. The average Bonchev–Trinajstić information content (AvgIpc) is 3.40. The lowest BCUT2D eigenvalue weighted by molar-refractivity contribution is -0.138. The number of hydrogen-bond donors (Lipinski definition) is 1. The number of sulfonamides is 1. The molecule has 1 saturated heterocycles. The van der Waals surface area contributed by atoms with Gasteiger partial charge >= 0.3 is 12.1 Å². The highest BCUT2D eigenvalue weighted by molar-refractivity contribution is 7.92. The van der Waals surface area contributed by atoms with Gasteiger partial charge in [-0.25, -0.2) is 12.8 Å². The largest absolute Gasteiger partial charge is 0.486 e. The normalized spacial score (nSPS) is 19.1. The minimum absolute atomic E-state index is 0.0116. The first-order valence-corrected chi connectivity index (χ1v) is 14.6. The van der Waals surface area contributed by atoms with Crippen molar-refractivity contribution in [2.75, 3.05) is 28.8 Å². The molecule has 13 heteroatoms. The summed E-state index contributed by atoms with van der Waals surface area (Å²) in [5.41, 5.74) is 0.0144. The van der Waals surface area contributed by atoms with Crippen LogP contribution in [0.1, 0.15) is 36.3 Å². The van der Waals surface area contributed by atoms with Crippen molar-refractivity contribution < 1.29 is 40.6 Å². The molecule has 41 heavy (non-hydrogen) atoms. The highest BCUT2D eigenvalue weighted by Gasteiger charge is 2.38. The number of fused-ring (bicyclic) bond motifs is 1. The summed E-state index contributed by atoms with van der Waals surface area (Å²) in [4.78, 5) is 12.5. The van der Waals surface area contributed by atoms with Gasteiger partial charge in [-0.1, -0.05) is 23.7 Å². The van der Waals surface area contributed by atoms with Crippen LogP contribution in [-0.4, -0.2) is 45.2 Å². The topological polar surface area (TPSA) is 87.2 Å². The number of nitrogens with zero attached hydrogens (tertiary/aromatic N) is 2. The Hall–Kier alpha value is -3.51. The Balaban J connectivity index is 1.50. The molecule has 2 aliphatic rings. The van der Waals surface area contributed by atoms with E-state index in [2.05, 4.69) is 0 Å². The molecule has 0 saturated carbocycles. The summed E-state index contributed by atoms with van der Waals surface area (Å²) >= 11 is 6.27. The number of halogens is 5. The predicted octanol–water partition coefficient (Wildman–Crippen LogP) is 6.31. The number of aliphatic carboxylic acids is 1. The molecule has 2 heterocycles. The van der Waals surface area contributed by atoms with E-state index < -0.39 is 44.5 Å². The molecule has 2 unspecified atom stereocenters. The van der Waals surface area contributed by atoms with Gasteiger partial charge in [0.2, 0.25) is 0 Å². The number of hydrogen-bond acceptors (Lipinski definition) is 5. The lowest BCUT2D eigenvalue weighted by Crippen LogP contribution is -2.43. The maximum absolute atomic E-state index is 14.6. The minimum atomic E-state index is -4.75. The predicted molar refractivity (Wildman–Crippen MR) is 145 cm³/mol. The van der Waals surface area contributed by atoms with Crippen LogP contribution in [0.15, 0.2) is 65.6 Å². The maximum Gasteiger partial charge on any atom is 0.416 e. The fourth-order valence-electron chi connectivity index (χ4n) is 5.25. The molecule has 7 nitrogen and oxygen atoms in total. The van der Waals surface area contributed by atoms with E-state index in [4.69, 9.17) is 21.4 Å². The molecular formula is C28H25ClF4N2O5S. The monoisotopic (exact) mass is 612 g/mol. The summed E-state index contributed by atoms with van der Waals surface area (Å²) in [5.74, 6) is -1.56. The van der Waals surface area contributed by atoms with Gasteiger partial charge in [-0.2, -0.15) is 13.2 Å². The molecule has 218 valence electrons. The van der Waals surface area contributed by atoms with E-state index in [9.17, 15) is 30.8 Å². The van der Waals surface area contributed by atoms with Crippen LogP contribution < -0.4 is 13.9 Å². The Kier molecular flexibility index (Phi) is 7.82. The van der Waals surface area contributed by atoms with Crippen LogP contribution in [0.3, 0.4) is 0 Å². The van der Waals surface area contributed by atoms with E-state index in [1.807, 2.05) is 4.90 Å². The fraction of sp³-hybridized carbons (Fsp3) is 0.321. The van der Waals surface area contributed by atoms with E-state index in [0.717, 1.165) is 22.5 Å². The van der Waals surface area contributed by atoms with Crippen LogP contribution >= 0.6 is 11.6 Å². The van der Waals surface area contributed by atoms with Crippen molar-refractivity contribution in [1.82, 2.24) is 0 Å². The average molecular weight is 613 g/mol. The summed E-state index contributed by atoms with van der Waals surface area (Å²) in [7, 11) is -4.51. The van der Waals surface area contributed by atoms with Gasteiger partial charge in [-0.3, -0.25) is 9.10 Å². The van der Waals surface area contributed by atoms with Gasteiger partial charge < -0.3 is 14.7 Å². The lowest BCUT2D eigenvalue weighted by atomic mass is 9.98. The molecule has 1 N–H and O–H groups in total. The zero-order chi connectivity index (χ0) is 29.5. The summed E-state index contributed by atoms with van der Waals surface area (Å²) in [6, 6.07) is 12.8. The van der Waals surface area contributed by atoms with E-state index >= 15 is 0 Å². The zero-order valence-electron chi connectivity index (χ0n) is 21.4. The van der Waals surface area contributed by atoms with Crippen LogP contribution in [0.2, 0.25) is 5.02 Å². The van der Waals surface area contributed by atoms with Crippen molar-refractivity contribution in [2.45, 2.75) is 42.4 Å². The molecule has 2 aliphatic heterocycles. The maximum atomic E-state index is 14.6. The summed E-state index contributed by atoms with van der Waals surface area (Å²) in [6.07, 6.45) is -5.30. The molecule has 0 spiro atoms. The van der Waals surface area contributed by atoms with Crippen LogP contribution in [0, 0.1) is 5.82 Å². The SMILES string of the molecule is O=C(O)CCC1CN(S(=O)(=O)c2cccc(C(F)(F)F)c2)c2cc(N3CCC(c4c(F)cccc4Cl)C3)ccc2O1. The van der Waals surface area contributed by atoms with Gasteiger partial charge in [-0.15, -0.1) is 0 Å². The quantitative estimate of drug-likeness (QED) is 0.315. The Bertz CT molecular complexity index is 1560. The molecule has 1 fully saturated rings. The van der Waals surface area contributed by atoms with E-state index in [-0.39, 0.29) is 36.7 Å². The van der Waals surface area contributed by atoms with Crippen molar-refractivity contribution in [3.63, 3.8) is 0 Å². The molecule has 0 aliphatic carbocycles. The third-order valence-corrected chi connectivity index (χ3v) is 9.37. The van der Waals surface area contributed by atoms with Gasteiger partial charge in [0.1, 0.15) is 17.7 Å². The Labute approximate surface area is 238 Å². The number of alkyl halides is 3. The minimum Gasteiger partial charge on any atom is -0.486 e. The number of carboxylic acid groups (broad SMARTS) is 1. The highest BCUT2D eigenvalue weighted by atomic mass is 35.5. The van der Waals surface area contributed by atoms with E-state index in [1.165, 1.54) is 12.1 Å². The number of rotatable bonds is 7. The molecule has 5 rings (SSSR count). The first kappa shape index (κ1) is 29.0. The van der Waals surface area contributed by atoms with Crippen molar-refractivity contribution in [2.24, 2.45) is 0 Å². The van der Waals surface area contributed by atoms with Crippen molar-refractivity contribution in [3.8, 4) is 5.75 Å². The van der Waals surface area contributed by atoms with Crippen LogP contribution in [0.25, 0.3) is 0 Å². The van der Waals surface area contributed by atoms with Crippen LogP contribution in [-0.2, 0) is 21.0 Å². The van der Waals surface area contributed by atoms with E-state index in [0.29, 0.717) is 41.9 Å². The third-order valence-electron chi connectivity index (χ3n) is 7.27. The fourth-order valence-corrected chi connectivity index (χ4v) is 7.11. The summed E-state index contributed by atoms with van der Waals surface area (Å²) < 4.78 is 89.1. The molecule has 0 aromatic heterocycles. The number of carbonyl (C=O) groups is 1. The summed E-state index contributed by atoms with van der Waals surface area (Å²) in [6.45, 7) is 0.633. The second kappa shape index (κ2) is 11.1. The standard InChI is InChI=1S/C28H25ClF4N2O5S/c29-22-5-2-6-23(30)27(22)17-11-12-34(15-17)19-7-9-25-24(14-19)35(16-20(40-25)8-10-26(36)37)41(38,39)21-4-1-3-18(13-21)28(31,32)33/h1-7,9,13-14,17,20H,8,10-12,15-16H2,(H,36,37). The first-order valence-electron chi connectivity index (χ1n) is 12.8. The number of ether oxygens (including phenoxy) is 1. The smallest absolute Gasteiger partial charge is 0.416 e. The molecular weight excluding hydrogens is 588 g/mol. The van der Waals surface area contributed by atoms with Crippen molar-refractivity contribution in [1.29, 1.82) is 0 Å². The van der Waals surface area contributed by atoms with Crippen molar-refractivity contribution in [3.05, 3.63) is 82.6 Å². The van der Waals surface area contributed by atoms with Gasteiger partial charge in [-0.05, 0) is 61.4 Å². The molecule has 0 radical (unpaired) electrons. The number of anilines is 2. The van der Waals surface area contributed by atoms with Crippen LogP contribution in [0.5, 0.6) is 5.75 Å². The Morgan fingerprint density at radius 3 is 2.54 bits per heavy atom. The summed E-state index contributed by atoms with van der Waals surface area (Å²) in [5, 5.41) is 9.44. The zero-order valence-corrected chi connectivity index (χ0v) is 23.0. The highest BCUT2D eigenvalue weighted by Crippen LogP contribution is 2.43. The van der Waals surface area contributed by atoms with Gasteiger partial charge in [0.05, 0.1) is 22.7 Å². The van der Waals surface area contributed by atoms with Crippen LogP contribution in [0.4, 0.5) is 28.9 Å². The third kappa shape index (κ3) is 5.94. The van der Waals surface area contributed by atoms with Gasteiger partial charge in [0, 0.05) is 41.7 Å². The molecule has 0 amide bonds. The Morgan fingerprint density at radius 2 is 1.83 bits per heavy atom. The second-order valence-corrected chi connectivity index (χ2v) is 12.2. The van der Waals surface area contributed by atoms with Crippen molar-refractivity contribution >= 4 is 39.0 Å². The molecule has 2 atom stereocenters. The molecule has 3 aromatic carbocycles. The van der Waals surface area contributed by atoms with Gasteiger partial charge in [0.25, 0.3) is 10.0 Å².